The molecule has 6 aromatic rings. The molecule has 3 atom stereocenters. The van der Waals surface area contributed by atoms with E-state index in [0.717, 1.165) is 46.1 Å². The van der Waals surface area contributed by atoms with Crippen LogP contribution in [0, 0.1) is 19.8 Å². The second kappa shape index (κ2) is 26.5. The number of cyclic esters (lactones) is 2. The molecule has 6 aromatic carbocycles. The Morgan fingerprint density at radius 2 is 1.08 bits per heavy atom. The Kier molecular flexibility index (Phi) is 22.1. The molecular formula is C56H68N2O6. The topological polar surface area (TPSA) is 77.5 Å². The van der Waals surface area contributed by atoms with Crippen LogP contribution in [-0.2, 0) is 28.5 Å². The molecule has 2 aliphatic rings. The van der Waals surface area contributed by atoms with E-state index in [1.54, 1.807) is 0 Å². The van der Waals surface area contributed by atoms with Gasteiger partial charge in [0.05, 0.1) is 24.4 Å². The first-order valence-corrected chi connectivity index (χ1v) is 20.1. The van der Waals surface area contributed by atoms with Crippen LogP contribution >= 0.6 is 0 Å². The van der Waals surface area contributed by atoms with Gasteiger partial charge in [-0.05, 0) is 122 Å². The van der Waals surface area contributed by atoms with Crippen molar-refractivity contribution in [2.45, 2.75) is 75.8 Å². The number of carbonyl (C=O) groups is 2. The van der Waals surface area contributed by atoms with Gasteiger partial charge in [0.15, 0.2) is 6.79 Å². The van der Waals surface area contributed by atoms with E-state index in [9.17, 15) is 9.59 Å². The molecule has 338 valence electrons. The summed E-state index contributed by atoms with van der Waals surface area (Å²) in [4.78, 5) is 26.6. The summed E-state index contributed by atoms with van der Waals surface area (Å²) in [6.45, 7) is 12.2. The number of ether oxygens (including phenoxy) is 4. The van der Waals surface area contributed by atoms with E-state index in [2.05, 4.69) is 192 Å². The van der Waals surface area contributed by atoms with E-state index in [-0.39, 0.29) is 73.2 Å². The highest BCUT2D eigenvalue weighted by atomic mass is 16.7. The lowest BCUT2D eigenvalue weighted by atomic mass is 9.84. The third-order valence-electron chi connectivity index (χ3n) is 10.2. The molecule has 3 unspecified atom stereocenters. The minimum Gasteiger partial charge on any atom is -0.465 e. The molecule has 8 nitrogen and oxygen atoms in total. The predicted molar refractivity (Wildman–Crippen MR) is 268 cm³/mol. The quantitative estimate of drug-likeness (QED) is 0.126. The number of rotatable bonds is 10. The van der Waals surface area contributed by atoms with Crippen molar-refractivity contribution in [3.63, 3.8) is 0 Å². The van der Waals surface area contributed by atoms with Gasteiger partial charge in [0.1, 0.15) is 0 Å². The monoisotopic (exact) mass is 865 g/mol. The molecule has 2 heterocycles. The lowest BCUT2D eigenvalue weighted by Crippen LogP contribution is -2.40. The maximum Gasteiger partial charge on any atom is 0.336 e. The Hall–Kier alpha value is -6.90. The Balaban J connectivity index is 0.000000374. The molecule has 0 N–H and O–H groups in total. The number of nitrogens with zero attached hydrogens (tertiary/aromatic N) is 2. The van der Waals surface area contributed by atoms with Gasteiger partial charge in [-0.1, -0.05) is 134 Å². The normalized spacial score (nSPS) is 14.9. The third kappa shape index (κ3) is 14.1. The fourth-order valence-corrected chi connectivity index (χ4v) is 7.20. The van der Waals surface area contributed by atoms with Crippen LogP contribution in [0.3, 0.4) is 0 Å². The summed E-state index contributed by atoms with van der Waals surface area (Å²) in [5.41, 5.74) is 11.6. The number of hydrogen-bond acceptors (Lipinski definition) is 8. The number of para-hydroxylation sites is 2. The smallest absolute Gasteiger partial charge is 0.336 e. The van der Waals surface area contributed by atoms with Gasteiger partial charge < -0.3 is 28.7 Å². The molecule has 0 spiro atoms. The average molecular weight is 865 g/mol. The zero-order chi connectivity index (χ0) is 42.3. The molecule has 1 saturated heterocycles. The summed E-state index contributed by atoms with van der Waals surface area (Å²) in [6.07, 6.45) is 5.12. The molecule has 0 bridgehead atoms. The minimum absolute atomic E-state index is 0. The van der Waals surface area contributed by atoms with E-state index in [0.29, 0.717) is 0 Å². The SMILES string of the molecule is C.C.C.C.C=Cc1ccc(N(c2ccccc2)c2cccc(C)c2)cc1.CCC(c1ccc(N(c2ccccc2)c2cccc(C)c2)cc1)C1OCOC(=O)C1C.O=C1C=COCO1. The fourth-order valence-electron chi connectivity index (χ4n) is 7.20. The molecule has 1 fully saturated rings. The van der Waals surface area contributed by atoms with Crippen molar-refractivity contribution < 1.29 is 28.5 Å². The zero-order valence-corrected chi connectivity index (χ0v) is 34.6. The van der Waals surface area contributed by atoms with Crippen LogP contribution in [-0.4, -0.2) is 31.6 Å². The van der Waals surface area contributed by atoms with Gasteiger partial charge >= 0.3 is 11.9 Å². The third-order valence-corrected chi connectivity index (χ3v) is 10.2. The molecule has 2 aliphatic heterocycles. The van der Waals surface area contributed by atoms with Gasteiger partial charge in [-0.2, -0.15) is 0 Å². The maximum absolute atomic E-state index is 12.0. The van der Waals surface area contributed by atoms with Crippen LogP contribution in [0.2, 0.25) is 0 Å². The number of aryl methyl sites for hydroxylation is 2. The largest absolute Gasteiger partial charge is 0.465 e. The van der Waals surface area contributed by atoms with Crippen molar-refractivity contribution in [2.24, 2.45) is 5.92 Å². The summed E-state index contributed by atoms with van der Waals surface area (Å²) >= 11 is 0. The number of hydrogen-bond donors (Lipinski definition) is 0. The summed E-state index contributed by atoms with van der Waals surface area (Å²) in [5, 5.41) is 0. The van der Waals surface area contributed by atoms with Crippen LogP contribution in [0.4, 0.5) is 34.1 Å². The van der Waals surface area contributed by atoms with Crippen molar-refractivity contribution in [3.05, 3.63) is 199 Å². The van der Waals surface area contributed by atoms with Gasteiger partial charge in [-0.15, -0.1) is 0 Å². The van der Waals surface area contributed by atoms with Gasteiger partial charge in [-0.25, -0.2) is 4.79 Å². The first kappa shape index (κ1) is 53.2. The minimum atomic E-state index is -0.341. The summed E-state index contributed by atoms with van der Waals surface area (Å²) < 4.78 is 19.7. The Morgan fingerprint density at radius 3 is 1.48 bits per heavy atom. The van der Waals surface area contributed by atoms with Gasteiger partial charge in [0.25, 0.3) is 0 Å². The first-order valence-electron chi connectivity index (χ1n) is 20.1. The van der Waals surface area contributed by atoms with Crippen molar-refractivity contribution in [3.8, 4) is 0 Å². The van der Waals surface area contributed by atoms with Crippen molar-refractivity contribution >= 4 is 52.1 Å². The van der Waals surface area contributed by atoms with Crippen molar-refractivity contribution in [1.82, 2.24) is 0 Å². The highest BCUT2D eigenvalue weighted by molar-refractivity contribution is 5.82. The van der Waals surface area contributed by atoms with Crippen LogP contribution in [0.15, 0.2) is 177 Å². The van der Waals surface area contributed by atoms with Crippen LogP contribution in [0.1, 0.15) is 78.1 Å². The van der Waals surface area contributed by atoms with Crippen LogP contribution in [0.5, 0.6) is 0 Å². The summed E-state index contributed by atoms with van der Waals surface area (Å²) in [7, 11) is 0. The van der Waals surface area contributed by atoms with E-state index < -0.39 is 0 Å². The maximum atomic E-state index is 12.0. The van der Waals surface area contributed by atoms with Crippen molar-refractivity contribution in [1.29, 1.82) is 0 Å². The van der Waals surface area contributed by atoms with Gasteiger partial charge in [-0.3, -0.25) is 4.79 Å². The summed E-state index contributed by atoms with van der Waals surface area (Å²) in [5.74, 6) is -0.653. The van der Waals surface area contributed by atoms with Crippen molar-refractivity contribution in [2.75, 3.05) is 23.4 Å². The second-order valence-electron chi connectivity index (χ2n) is 14.5. The predicted octanol–water partition coefficient (Wildman–Crippen LogP) is 15.2. The van der Waals surface area contributed by atoms with Crippen LogP contribution in [0.25, 0.3) is 6.08 Å². The van der Waals surface area contributed by atoms with Crippen LogP contribution < -0.4 is 9.80 Å². The lowest BCUT2D eigenvalue weighted by Gasteiger charge is -2.34. The molecular weight excluding hydrogens is 797 g/mol. The average Bonchev–Trinajstić information content (AvgIpc) is 3.28. The number of benzene rings is 6. The molecule has 0 saturated carbocycles. The zero-order valence-electron chi connectivity index (χ0n) is 34.6. The van der Waals surface area contributed by atoms with Gasteiger partial charge in [0, 0.05) is 40.0 Å². The van der Waals surface area contributed by atoms with Gasteiger partial charge in [0.2, 0.25) is 6.79 Å². The molecule has 0 aromatic heterocycles. The number of esters is 2. The summed E-state index contributed by atoms with van der Waals surface area (Å²) in [6, 6.07) is 55.0. The Bertz CT molecular complexity index is 2330. The van der Waals surface area contributed by atoms with E-state index in [4.69, 9.17) is 9.47 Å². The van der Waals surface area contributed by atoms with E-state index in [1.165, 1.54) is 29.0 Å². The molecule has 0 aliphatic carbocycles. The Labute approximate surface area is 383 Å². The fraction of sp³-hybridized carbons (Fsp3) is 0.250. The van der Waals surface area contributed by atoms with E-state index >= 15 is 0 Å². The van der Waals surface area contributed by atoms with E-state index in [1.807, 2.05) is 25.1 Å². The molecule has 0 amide bonds. The highest BCUT2D eigenvalue weighted by Gasteiger charge is 2.36. The molecule has 64 heavy (non-hydrogen) atoms. The highest BCUT2D eigenvalue weighted by Crippen LogP contribution is 2.38. The lowest BCUT2D eigenvalue weighted by molar-refractivity contribution is -0.195. The second-order valence-corrected chi connectivity index (χ2v) is 14.5. The molecule has 0 radical (unpaired) electrons. The standard InChI is InChI=1S/C27H29NO3.C21H19N.C4H4O3.4CH4/c1-4-25(26-20(3)27(29)31-18-30-26)21-13-15-23(16-14-21)28(22-10-6-5-7-11-22)24-12-8-9-19(2)17-24;1-3-18-12-14-20(15-13-18)22(19-9-5-4-6-10-19)21-11-7-8-17(2)16-21;5-4-1-2-6-3-7-4;;;;/h5-17,20,25-26H,4,18H2,1-3H3;3-16H,1H2,2H3;1-2H,3H2;4*1H4. The number of anilines is 6. The molecule has 8 heteroatoms. The molecule has 8 rings (SSSR count). The Morgan fingerprint density at radius 1 is 0.609 bits per heavy atom. The number of carbonyl (C=O) groups excluding carboxylic acids is 2. The first-order chi connectivity index (χ1) is 29.2.